The van der Waals surface area contributed by atoms with Gasteiger partial charge in [-0.05, 0) is 49.2 Å². The van der Waals surface area contributed by atoms with Crippen LogP contribution < -0.4 is 4.31 Å². The molecule has 128 valence electrons. The van der Waals surface area contributed by atoms with Crippen molar-refractivity contribution in [3.8, 4) is 0 Å². The van der Waals surface area contributed by atoms with E-state index in [2.05, 4.69) is 0 Å². The third kappa shape index (κ3) is 3.03. The Morgan fingerprint density at radius 1 is 1.38 bits per heavy atom. The van der Waals surface area contributed by atoms with Crippen LogP contribution >= 0.6 is 0 Å². The molecule has 0 saturated carbocycles. The van der Waals surface area contributed by atoms with Crippen molar-refractivity contribution in [2.45, 2.75) is 25.9 Å². The molecule has 0 radical (unpaired) electrons. The third-order valence-corrected chi connectivity index (χ3v) is 5.43. The summed E-state index contributed by atoms with van der Waals surface area (Å²) in [5.41, 5.74) is 2.09. The van der Waals surface area contributed by atoms with Gasteiger partial charge in [0, 0.05) is 18.7 Å². The molecule has 2 heterocycles. The van der Waals surface area contributed by atoms with E-state index in [1.54, 1.807) is 42.5 Å². The highest BCUT2D eigenvalue weighted by atomic mass is 32.2. The quantitative estimate of drug-likeness (QED) is 0.850. The van der Waals surface area contributed by atoms with Gasteiger partial charge in [-0.1, -0.05) is 0 Å². The highest BCUT2D eigenvalue weighted by Crippen LogP contribution is 2.34. The first-order chi connectivity index (χ1) is 11.3. The van der Waals surface area contributed by atoms with Crippen LogP contribution in [0.2, 0.25) is 0 Å². The van der Waals surface area contributed by atoms with Gasteiger partial charge in [-0.15, -0.1) is 0 Å². The molecule has 0 spiro atoms. The SMILES string of the molecule is C[C@H]1Cc2cc(C(=O)N(C)Cc3ccco3)ccc2N1S(C)(=O)=O. The average molecular weight is 348 g/mol. The summed E-state index contributed by atoms with van der Waals surface area (Å²) < 4.78 is 30.6. The molecule has 0 fully saturated rings. The number of hydrogen-bond donors (Lipinski definition) is 0. The molecule has 0 unspecified atom stereocenters. The fourth-order valence-corrected chi connectivity index (χ4v) is 4.43. The molecule has 1 aromatic carbocycles. The van der Waals surface area contributed by atoms with Gasteiger partial charge in [-0.2, -0.15) is 0 Å². The first-order valence-electron chi connectivity index (χ1n) is 7.67. The van der Waals surface area contributed by atoms with Gasteiger partial charge in [-0.3, -0.25) is 9.10 Å². The van der Waals surface area contributed by atoms with Crippen molar-refractivity contribution < 1.29 is 17.6 Å². The zero-order valence-corrected chi connectivity index (χ0v) is 14.7. The monoisotopic (exact) mass is 348 g/mol. The summed E-state index contributed by atoms with van der Waals surface area (Å²) in [6.07, 6.45) is 3.38. The minimum atomic E-state index is -3.32. The summed E-state index contributed by atoms with van der Waals surface area (Å²) in [7, 11) is -1.61. The summed E-state index contributed by atoms with van der Waals surface area (Å²) >= 11 is 0. The van der Waals surface area contributed by atoms with E-state index in [0.29, 0.717) is 30.0 Å². The van der Waals surface area contributed by atoms with Crippen LogP contribution in [-0.4, -0.2) is 38.6 Å². The van der Waals surface area contributed by atoms with Crippen LogP contribution in [0.25, 0.3) is 0 Å². The molecule has 0 aliphatic carbocycles. The zero-order valence-electron chi connectivity index (χ0n) is 13.9. The Bertz CT molecular complexity index is 859. The Morgan fingerprint density at radius 3 is 2.75 bits per heavy atom. The predicted octanol–water partition coefficient (Wildman–Crippen LogP) is 2.26. The molecule has 0 saturated heterocycles. The average Bonchev–Trinajstić information content (AvgIpc) is 3.10. The van der Waals surface area contributed by atoms with E-state index < -0.39 is 10.0 Å². The summed E-state index contributed by atoms with van der Waals surface area (Å²) in [6, 6.07) is 8.64. The lowest BCUT2D eigenvalue weighted by molar-refractivity contribution is 0.0775. The van der Waals surface area contributed by atoms with Crippen molar-refractivity contribution in [1.29, 1.82) is 0 Å². The van der Waals surface area contributed by atoms with E-state index in [1.807, 2.05) is 13.0 Å². The van der Waals surface area contributed by atoms with Gasteiger partial charge >= 0.3 is 0 Å². The number of rotatable bonds is 4. The molecule has 0 N–H and O–H groups in total. The Morgan fingerprint density at radius 2 is 2.12 bits per heavy atom. The number of hydrogen-bond acceptors (Lipinski definition) is 4. The number of carbonyl (C=O) groups excluding carboxylic acids is 1. The Kier molecular flexibility index (Phi) is 4.13. The summed E-state index contributed by atoms with van der Waals surface area (Å²) in [4.78, 5) is 14.2. The number of furan rings is 1. The lowest BCUT2D eigenvalue weighted by atomic mass is 10.1. The maximum atomic E-state index is 12.6. The predicted molar refractivity (Wildman–Crippen MR) is 91.4 cm³/mol. The van der Waals surface area contributed by atoms with Crippen LogP contribution in [0, 0.1) is 0 Å². The zero-order chi connectivity index (χ0) is 17.5. The third-order valence-electron chi connectivity index (χ3n) is 4.16. The Hall–Kier alpha value is -2.28. The number of sulfonamides is 1. The normalized spacial score (nSPS) is 17.0. The molecule has 1 amide bonds. The minimum absolute atomic E-state index is 0.125. The first kappa shape index (κ1) is 16.6. The second kappa shape index (κ2) is 5.98. The van der Waals surface area contributed by atoms with Gasteiger partial charge in [0.2, 0.25) is 10.0 Å². The largest absolute Gasteiger partial charge is 0.467 e. The molecule has 2 aromatic rings. The molecule has 1 aromatic heterocycles. The lowest BCUT2D eigenvalue weighted by Gasteiger charge is -2.22. The van der Waals surface area contributed by atoms with Gasteiger partial charge in [-0.25, -0.2) is 8.42 Å². The van der Waals surface area contributed by atoms with Crippen molar-refractivity contribution in [1.82, 2.24) is 4.90 Å². The number of benzene rings is 1. The van der Waals surface area contributed by atoms with Gasteiger partial charge in [0.1, 0.15) is 5.76 Å². The lowest BCUT2D eigenvalue weighted by Crippen LogP contribution is -2.34. The summed E-state index contributed by atoms with van der Waals surface area (Å²) in [5.74, 6) is 0.587. The van der Waals surface area contributed by atoms with Gasteiger partial charge in [0.15, 0.2) is 0 Å². The molecule has 0 bridgehead atoms. The van der Waals surface area contributed by atoms with Crippen LogP contribution in [0.1, 0.15) is 28.6 Å². The van der Waals surface area contributed by atoms with Crippen molar-refractivity contribution in [2.24, 2.45) is 0 Å². The molecule has 24 heavy (non-hydrogen) atoms. The van der Waals surface area contributed by atoms with Crippen molar-refractivity contribution in [3.05, 3.63) is 53.5 Å². The number of fused-ring (bicyclic) bond motifs is 1. The Balaban J connectivity index is 1.84. The van der Waals surface area contributed by atoms with E-state index in [9.17, 15) is 13.2 Å². The summed E-state index contributed by atoms with van der Waals surface area (Å²) in [6.45, 7) is 2.25. The molecule has 3 rings (SSSR count). The maximum Gasteiger partial charge on any atom is 0.254 e. The smallest absolute Gasteiger partial charge is 0.254 e. The van der Waals surface area contributed by atoms with E-state index in [4.69, 9.17) is 4.42 Å². The minimum Gasteiger partial charge on any atom is -0.467 e. The van der Waals surface area contributed by atoms with Crippen molar-refractivity contribution in [3.63, 3.8) is 0 Å². The number of amides is 1. The second-order valence-corrected chi connectivity index (χ2v) is 8.06. The van der Waals surface area contributed by atoms with Gasteiger partial charge in [0.05, 0.1) is 24.8 Å². The molecule has 1 aliphatic rings. The number of nitrogens with zero attached hydrogens (tertiary/aromatic N) is 2. The van der Waals surface area contributed by atoms with Crippen LogP contribution in [0.3, 0.4) is 0 Å². The first-order valence-corrected chi connectivity index (χ1v) is 9.52. The van der Waals surface area contributed by atoms with Gasteiger partial charge < -0.3 is 9.32 Å². The van der Waals surface area contributed by atoms with Crippen LogP contribution in [0.15, 0.2) is 41.0 Å². The molecular formula is C17H20N2O4S. The van der Waals surface area contributed by atoms with Crippen LogP contribution in [0.4, 0.5) is 5.69 Å². The molecule has 1 atom stereocenters. The second-order valence-electron chi connectivity index (χ2n) is 6.20. The Labute approximate surface area is 141 Å². The summed E-state index contributed by atoms with van der Waals surface area (Å²) in [5, 5.41) is 0. The fraction of sp³-hybridized carbons (Fsp3) is 0.353. The highest BCUT2D eigenvalue weighted by Gasteiger charge is 2.33. The maximum absolute atomic E-state index is 12.6. The molecular weight excluding hydrogens is 328 g/mol. The molecule has 7 heteroatoms. The van der Waals surface area contributed by atoms with E-state index in [0.717, 1.165) is 5.56 Å². The fourth-order valence-electron chi connectivity index (χ4n) is 3.17. The highest BCUT2D eigenvalue weighted by molar-refractivity contribution is 7.92. The van der Waals surface area contributed by atoms with Crippen LogP contribution in [0.5, 0.6) is 0 Å². The molecule has 1 aliphatic heterocycles. The standard InChI is InChI=1S/C17H20N2O4S/c1-12-9-14-10-13(6-7-16(14)19(12)24(3,21)22)17(20)18(2)11-15-5-4-8-23-15/h4-8,10,12H,9,11H2,1-3H3/t12-/m0/s1. The number of anilines is 1. The topological polar surface area (TPSA) is 70.8 Å². The van der Waals surface area contributed by atoms with Crippen molar-refractivity contribution in [2.75, 3.05) is 17.6 Å². The van der Waals surface area contributed by atoms with Gasteiger partial charge in [0.25, 0.3) is 5.91 Å². The molecule has 6 nitrogen and oxygen atoms in total. The van der Waals surface area contributed by atoms with E-state index in [-0.39, 0.29) is 11.9 Å². The van der Waals surface area contributed by atoms with E-state index >= 15 is 0 Å². The van der Waals surface area contributed by atoms with Crippen molar-refractivity contribution >= 4 is 21.6 Å². The van der Waals surface area contributed by atoms with Crippen LogP contribution in [-0.2, 0) is 23.0 Å². The van der Waals surface area contributed by atoms with E-state index in [1.165, 1.54) is 10.6 Å². The number of carbonyl (C=O) groups is 1.